The smallest absolute Gasteiger partial charge is 0.312 e. The molecule has 3 heterocycles. The van der Waals surface area contributed by atoms with Crippen LogP contribution in [0.25, 0.3) is 0 Å². The molecule has 3 aliphatic rings. The molecule has 1 spiro atoms. The van der Waals surface area contributed by atoms with E-state index in [1.165, 1.54) is 5.56 Å². The molecule has 0 aliphatic carbocycles. The molecule has 0 aromatic heterocycles. The van der Waals surface area contributed by atoms with E-state index >= 15 is 0 Å². The van der Waals surface area contributed by atoms with E-state index in [1.807, 2.05) is 48.2 Å². The Kier molecular flexibility index (Phi) is 4.35. The Morgan fingerprint density at radius 1 is 1.35 bits per heavy atom. The molecule has 2 fully saturated rings. The number of aryl methyl sites for hydroxylation is 1. The van der Waals surface area contributed by atoms with Crippen LogP contribution in [0.4, 0.5) is 0 Å². The number of esters is 1. The Morgan fingerprint density at radius 3 is 2.85 bits per heavy atom. The van der Waals surface area contributed by atoms with Crippen molar-refractivity contribution >= 4 is 11.9 Å². The van der Waals surface area contributed by atoms with Gasteiger partial charge in [0.1, 0.15) is 11.5 Å². The average Bonchev–Trinajstić information content (AvgIpc) is 3.26. The van der Waals surface area contributed by atoms with Gasteiger partial charge in [0, 0.05) is 6.54 Å². The third-order valence-electron chi connectivity index (χ3n) is 5.69. The van der Waals surface area contributed by atoms with Gasteiger partial charge < -0.3 is 14.4 Å². The summed E-state index contributed by atoms with van der Waals surface area (Å²) in [6.45, 7) is 5.53. The van der Waals surface area contributed by atoms with E-state index in [4.69, 9.17) is 9.47 Å². The fourth-order valence-electron chi connectivity index (χ4n) is 4.31. The second-order valence-electron chi connectivity index (χ2n) is 7.60. The highest BCUT2D eigenvalue weighted by Crippen LogP contribution is 2.52. The number of ether oxygens (including phenoxy) is 2. The van der Waals surface area contributed by atoms with Crippen LogP contribution in [0.1, 0.15) is 30.9 Å². The highest BCUT2D eigenvalue weighted by atomic mass is 16.6. The lowest BCUT2D eigenvalue weighted by Gasteiger charge is -2.22. The summed E-state index contributed by atoms with van der Waals surface area (Å²) in [5.41, 5.74) is 1.61. The van der Waals surface area contributed by atoms with E-state index in [1.54, 1.807) is 0 Å². The number of hydrogen-bond acceptors (Lipinski definition) is 4. The molecule has 5 nitrogen and oxygen atoms in total. The molecular weight excluding hydrogens is 330 g/mol. The number of hydrogen-bond donors (Lipinski definition) is 0. The van der Waals surface area contributed by atoms with E-state index in [0.29, 0.717) is 19.7 Å². The number of nitrogens with zero attached hydrogens (tertiary/aromatic N) is 1. The van der Waals surface area contributed by atoms with Gasteiger partial charge in [-0.05, 0) is 18.9 Å². The maximum absolute atomic E-state index is 13.1. The second kappa shape index (κ2) is 6.54. The molecule has 0 unspecified atom stereocenters. The summed E-state index contributed by atoms with van der Waals surface area (Å²) in [5.74, 6) is -1.29. The van der Waals surface area contributed by atoms with Gasteiger partial charge in [-0.3, -0.25) is 9.59 Å². The molecule has 2 bridgehead atoms. The predicted molar refractivity (Wildman–Crippen MR) is 96.2 cm³/mol. The summed E-state index contributed by atoms with van der Waals surface area (Å²) in [4.78, 5) is 27.5. The lowest BCUT2D eigenvalue weighted by atomic mass is 9.77. The summed E-state index contributed by atoms with van der Waals surface area (Å²) < 4.78 is 11.5. The molecule has 1 aromatic rings. The number of carbonyl (C=O) groups is 2. The van der Waals surface area contributed by atoms with Crippen molar-refractivity contribution in [1.82, 2.24) is 4.90 Å². The van der Waals surface area contributed by atoms with Crippen LogP contribution in [0.5, 0.6) is 0 Å². The van der Waals surface area contributed by atoms with Crippen molar-refractivity contribution in [3.63, 3.8) is 0 Å². The van der Waals surface area contributed by atoms with Crippen molar-refractivity contribution in [3.05, 3.63) is 47.5 Å². The summed E-state index contributed by atoms with van der Waals surface area (Å²) >= 11 is 0. The largest absolute Gasteiger partial charge is 0.465 e. The van der Waals surface area contributed by atoms with Gasteiger partial charge in [-0.1, -0.05) is 55.3 Å². The highest BCUT2D eigenvalue weighted by molar-refractivity contribution is 5.91. The van der Waals surface area contributed by atoms with Crippen LogP contribution in [-0.2, 0) is 25.6 Å². The van der Waals surface area contributed by atoms with E-state index < -0.39 is 17.4 Å². The van der Waals surface area contributed by atoms with Crippen molar-refractivity contribution in [1.29, 1.82) is 0 Å². The zero-order chi connectivity index (χ0) is 18.3. The first kappa shape index (κ1) is 17.3. The number of rotatable bonds is 6. The monoisotopic (exact) mass is 355 g/mol. The van der Waals surface area contributed by atoms with Crippen LogP contribution < -0.4 is 0 Å². The first-order chi connectivity index (χ1) is 12.5. The van der Waals surface area contributed by atoms with Crippen LogP contribution >= 0.6 is 0 Å². The number of likely N-dealkylation sites (tertiary alicyclic amines) is 1. The SMILES string of the molecule is CCCCOC(=O)[C@H]1[C@H]2C(=O)N(Cc3ccc(C)cc3)C[C@]23C=C[C@H]1O3. The summed E-state index contributed by atoms with van der Waals surface area (Å²) in [6, 6.07) is 8.17. The average molecular weight is 355 g/mol. The fourth-order valence-corrected chi connectivity index (χ4v) is 4.31. The Balaban J connectivity index is 1.51. The summed E-state index contributed by atoms with van der Waals surface area (Å²) in [7, 11) is 0. The maximum atomic E-state index is 13.1. The molecule has 3 aliphatic heterocycles. The molecule has 0 saturated carbocycles. The van der Waals surface area contributed by atoms with E-state index in [-0.39, 0.29) is 18.0 Å². The van der Waals surface area contributed by atoms with E-state index in [2.05, 4.69) is 6.92 Å². The minimum atomic E-state index is -0.666. The molecule has 138 valence electrons. The lowest BCUT2D eigenvalue weighted by molar-refractivity contribution is -0.154. The van der Waals surface area contributed by atoms with Gasteiger partial charge in [0.2, 0.25) is 5.91 Å². The third kappa shape index (κ3) is 2.75. The molecule has 5 heteroatoms. The Labute approximate surface area is 154 Å². The molecule has 0 N–H and O–H groups in total. The molecule has 0 radical (unpaired) electrons. The molecule has 4 rings (SSSR count). The molecular formula is C21H25NO4. The van der Waals surface area contributed by atoms with Crippen LogP contribution in [0.3, 0.4) is 0 Å². The number of unbranched alkanes of at least 4 members (excludes halogenated alkanes) is 1. The normalized spacial score (nSPS) is 31.5. The summed E-state index contributed by atoms with van der Waals surface area (Å²) in [5, 5.41) is 0. The van der Waals surface area contributed by atoms with Crippen molar-refractivity contribution < 1.29 is 19.1 Å². The molecule has 1 aromatic carbocycles. The van der Waals surface area contributed by atoms with Gasteiger partial charge in [0.25, 0.3) is 0 Å². The number of fused-ring (bicyclic) bond motifs is 1. The van der Waals surface area contributed by atoms with Crippen molar-refractivity contribution in [2.75, 3.05) is 13.2 Å². The first-order valence-corrected chi connectivity index (χ1v) is 9.42. The lowest BCUT2D eigenvalue weighted by Crippen LogP contribution is -2.40. The number of amides is 1. The zero-order valence-electron chi connectivity index (χ0n) is 15.3. The quantitative estimate of drug-likeness (QED) is 0.447. The van der Waals surface area contributed by atoms with Crippen molar-refractivity contribution in [2.45, 2.75) is 44.9 Å². The van der Waals surface area contributed by atoms with Gasteiger partial charge >= 0.3 is 5.97 Å². The summed E-state index contributed by atoms with van der Waals surface area (Å²) in [6.07, 6.45) is 5.37. The van der Waals surface area contributed by atoms with E-state index in [0.717, 1.165) is 18.4 Å². The van der Waals surface area contributed by atoms with Gasteiger partial charge in [-0.25, -0.2) is 0 Å². The number of benzene rings is 1. The molecule has 1 amide bonds. The van der Waals surface area contributed by atoms with Gasteiger partial charge in [0.15, 0.2) is 0 Å². The zero-order valence-corrected chi connectivity index (χ0v) is 15.3. The van der Waals surface area contributed by atoms with Crippen LogP contribution in [0.15, 0.2) is 36.4 Å². The molecule has 4 atom stereocenters. The minimum absolute atomic E-state index is 0.00475. The Morgan fingerprint density at radius 2 is 2.12 bits per heavy atom. The van der Waals surface area contributed by atoms with Gasteiger partial charge in [0.05, 0.1) is 25.2 Å². The maximum Gasteiger partial charge on any atom is 0.312 e. The fraction of sp³-hybridized carbons (Fsp3) is 0.524. The van der Waals surface area contributed by atoms with Gasteiger partial charge in [-0.2, -0.15) is 0 Å². The van der Waals surface area contributed by atoms with Crippen LogP contribution in [-0.4, -0.2) is 41.6 Å². The Hall–Kier alpha value is -2.14. The topological polar surface area (TPSA) is 55.8 Å². The molecule has 2 saturated heterocycles. The molecule has 26 heavy (non-hydrogen) atoms. The third-order valence-corrected chi connectivity index (χ3v) is 5.69. The second-order valence-corrected chi connectivity index (χ2v) is 7.60. The van der Waals surface area contributed by atoms with Crippen molar-refractivity contribution in [2.24, 2.45) is 11.8 Å². The minimum Gasteiger partial charge on any atom is -0.465 e. The predicted octanol–water partition coefficient (Wildman–Crippen LogP) is 2.62. The van der Waals surface area contributed by atoms with Gasteiger partial charge in [-0.15, -0.1) is 0 Å². The number of carbonyl (C=O) groups excluding carboxylic acids is 2. The highest BCUT2D eigenvalue weighted by Gasteiger charge is 2.67. The van der Waals surface area contributed by atoms with Crippen molar-refractivity contribution in [3.8, 4) is 0 Å². The standard InChI is InChI=1S/C21H25NO4/c1-3-4-11-25-20(24)17-16-9-10-21(26-16)13-22(19(23)18(17)21)12-15-7-5-14(2)6-8-15/h5-10,16-18H,3-4,11-13H2,1-2H3/t16-,17-,18+,21-/m1/s1. The first-order valence-electron chi connectivity index (χ1n) is 9.42. The Bertz CT molecular complexity index is 741. The van der Waals surface area contributed by atoms with E-state index in [9.17, 15) is 9.59 Å². The van der Waals surface area contributed by atoms with Crippen LogP contribution in [0.2, 0.25) is 0 Å². The van der Waals surface area contributed by atoms with Crippen LogP contribution in [0, 0.1) is 18.8 Å².